The summed E-state index contributed by atoms with van der Waals surface area (Å²) in [5.41, 5.74) is 7.90. The second kappa shape index (κ2) is 9.06. The normalized spacial score (nSPS) is 21.2. The quantitative estimate of drug-likeness (QED) is 0.521. The van der Waals surface area contributed by atoms with Crippen molar-refractivity contribution in [3.63, 3.8) is 0 Å². The van der Waals surface area contributed by atoms with Gasteiger partial charge >= 0.3 is 6.01 Å². The van der Waals surface area contributed by atoms with Gasteiger partial charge in [0.2, 0.25) is 6.29 Å². The van der Waals surface area contributed by atoms with E-state index in [1.165, 1.54) is 12.1 Å². The topological polar surface area (TPSA) is 128 Å². The van der Waals surface area contributed by atoms with Crippen LogP contribution >= 0.6 is 0 Å². The summed E-state index contributed by atoms with van der Waals surface area (Å²) in [6.45, 7) is 3.23. The third-order valence-electron chi connectivity index (χ3n) is 4.93. The number of aliphatic hydroxyl groups is 1. The van der Waals surface area contributed by atoms with Gasteiger partial charge in [-0.2, -0.15) is 4.98 Å². The highest BCUT2D eigenvalue weighted by atomic mass is 19.1. The molecule has 0 aliphatic carbocycles. The van der Waals surface area contributed by atoms with E-state index in [9.17, 15) is 4.39 Å². The molecule has 0 spiro atoms. The van der Waals surface area contributed by atoms with Crippen LogP contribution in [0, 0.1) is 11.2 Å². The molecule has 0 unspecified atom stereocenters. The van der Waals surface area contributed by atoms with E-state index >= 15 is 0 Å². The molecule has 0 bridgehead atoms. The molecule has 1 fully saturated rings. The number of nitrogens with zero attached hydrogens (tertiary/aromatic N) is 3. The highest BCUT2D eigenvalue weighted by Gasteiger charge is 2.34. The van der Waals surface area contributed by atoms with Crippen LogP contribution in [0.25, 0.3) is 22.6 Å². The van der Waals surface area contributed by atoms with E-state index in [0.717, 1.165) is 0 Å². The summed E-state index contributed by atoms with van der Waals surface area (Å²) in [7, 11) is 0. The summed E-state index contributed by atoms with van der Waals surface area (Å²) in [5.74, 6) is 0.118. The van der Waals surface area contributed by atoms with Gasteiger partial charge in [-0.1, -0.05) is 6.92 Å². The molecule has 1 aliphatic rings. The van der Waals surface area contributed by atoms with Crippen molar-refractivity contribution >= 4 is 0 Å². The second-order valence-electron chi connectivity index (χ2n) is 7.62. The minimum atomic E-state index is -0.695. The third-order valence-corrected chi connectivity index (χ3v) is 4.93. The Morgan fingerprint density at radius 3 is 2.65 bits per heavy atom. The summed E-state index contributed by atoms with van der Waals surface area (Å²) in [6, 6.07) is 7.82. The zero-order valence-corrected chi connectivity index (χ0v) is 17.0. The molecule has 0 radical (unpaired) electrons. The molecule has 4 rings (SSSR count). The van der Waals surface area contributed by atoms with E-state index in [0.29, 0.717) is 48.2 Å². The molecule has 1 saturated heterocycles. The number of halogens is 1. The van der Waals surface area contributed by atoms with E-state index in [1.54, 1.807) is 24.4 Å². The average Bonchev–Trinajstić information content (AvgIpc) is 3.24. The first-order chi connectivity index (χ1) is 15.0. The van der Waals surface area contributed by atoms with E-state index in [2.05, 4.69) is 19.9 Å². The minimum absolute atomic E-state index is 0.0756. The zero-order valence-electron chi connectivity index (χ0n) is 17.0. The number of aliphatic hydroxyl groups excluding tert-OH is 1. The van der Waals surface area contributed by atoms with E-state index in [4.69, 9.17) is 25.1 Å². The summed E-state index contributed by atoms with van der Waals surface area (Å²) in [4.78, 5) is 16.3. The van der Waals surface area contributed by atoms with Gasteiger partial charge in [-0.25, -0.2) is 14.4 Å². The molecular formula is C21H24FN5O4. The number of nitrogens with two attached hydrogens (primary N) is 1. The van der Waals surface area contributed by atoms with Crippen LogP contribution in [0.2, 0.25) is 0 Å². The Morgan fingerprint density at radius 1 is 1.23 bits per heavy atom. The molecule has 0 saturated carbocycles. The number of aromatic amines is 1. The molecule has 2 aromatic heterocycles. The SMILES string of the molecule is CC1(CN)COC(c2nc(-c3ccc(F)cc3)c(-c3ccnc(OCCO)n3)[nH]2)OC1. The third kappa shape index (κ3) is 4.72. The van der Waals surface area contributed by atoms with Crippen molar-refractivity contribution in [2.75, 3.05) is 33.0 Å². The van der Waals surface area contributed by atoms with Crippen molar-refractivity contribution < 1.29 is 23.7 Å². The number of imidazole rings is 1. The van der Waals surface area contributed by atoms with Gasteiger partial charge in [0.05, 0.1) is 36.9 Å². The van der Waals surface area contributed by atoms with Crippen molar-refractivity contribution in [3.05, 3.63) is 48.2 Å². The summed E-state index contributed by atoms with van der Waals surface area (Å²) in [5, 5.41) is 8.97. The fourth-order valence-corrected chi connectivity index (χ4v) is 3.11. The predicted octanol–water partition coefficient (Wildman–Crippen LogP) is 2.05. The Labute approximate surface area is 178 Å². The molecule has 3 heterocycles. The molecular weight excluding hydrogens is 405 g/mol. The predicted molar refractivity (Wildman–Crippen MR) is 109 cm³/mol. The maximum atomic E-state index is 13.5. The van der Waals surface area contributed by atoms with E-state index in [1.807, 2.05) is 6.92 Å². The lowest BCUT2D eigenvalue weighted by Crippen LogP contribution is -2.42. The number of aromatic nitrogens is 4. The molecule has 10 heteroatoms. The molecule has 4 N–H and O–H groups in total. The highest BCUT2D eigenvalue weighted by molar-refractivity contribution is 5.76. The molecule has 1 aliphatic heterocycles. The zero-order chi connectivity index (χ0) is 21.8. The van der Waals surface area contributed by atoms with Crippen molar-refractivity contribution in [2.45, 2.75) is 13.2 Å². The van der Waals surface area contributed by atoms with Crippen molar-refractivity contribution in [1.82, 2.24) is 19.9 Å². The molecule has 31 heavy (non-hydrogen) atoms. The van der Waals surface area contributed by atoms with Crippen LogP contribution in [0.4, 0.5) is 4.39 Å². The van der Waals surface area contributed by atoms with Gasteiger partial charge < -0.3 is 30.0 Å². The first-order valence-electron chi connectivity index (χ1n) is 9.87. The number of hydrogen-bond donors (Lipinski definition) is 3. The number of hydrogen-bond acceptors (Lipinski definition) is 8. The first-order valence-corrected chi connectivity index (χ1v) is 9.87. The molecule has 0 amide bonds. The van der Waals surface area contributed by atoms with E-state index < -0.39 is 6.29 Å². The largest absolute Gasteiger partial charge is 0.461 e. The molecule has 1 aromatic carbocycles. The lowest BCUT2D eigenvalue weighted by molar-refractivity contribution is -0.231. The monoisotopic (exact) mass is 429 g/mol. The van der Waals surface area contributed by atoms with Crippen LogP contribution in [0.1, 0.15) is 19.0 Å². The second-order valence-corrected chi connectivity index (χ2v) is 7.62. The van der Waals surface area contributed by atoms with Gasteiger partial charge in [0.1, 0.15) is 12.4 Å². The molecule has 0 atom stereocenters. The van der Waals surface area contributed by atoms with Gasteiger partial charge in [0, 0.05) is 23.7 Å². The van der Waals surface area contributed by atoms with Gasteiger partial charge in [-0.05, 0) is 30.3 Å². The van der Waals surface area contributed by atoms with Crippen molar-refractivity contribution in [3.8, 4) is 28.7 Å². The highest BCUT2D eigenvalue weighted by Crippen LogP contribution is 2.35. The standard InChI is InChI=1S/C21H24FN5O4/c1-21(10-23)11-30-19(31-12-21)18-26-16(13-2-4-14(22)5-3-13)17(27-18)15-6-7-24-20(25-15)29-9-8-28/h2-7,19,28H,8-12,23H2,1H3,(H,26,27). The van der Waals surface area contributed by atoms with Crippen LogP contribution in [-0.4, -0.2) is 58.0 Å². The van der Waals surface area contributed by atoms with Crippen LogP contribution in [0.3, 0.4) is 0 Å². The van der Waals surface area contributed by atoms with Crippen molar-refractivity contribution in [2.24, 2.45) is 11.1 Å². The maximum absolute atomic E-state index is 13.5. The average molecular weight is 429 g/mol. The van der Waals surface area contributed by atoms with Gasteiger partial charge in [-0.3, -0.25) is 0 Å². The lowest BCUT2D eigenvalue weighted by Gasteiger charge is -2.35. The fourth-order valence-electron chi connectivity index (χ4n) is 3.11. The molecule has 164 valence electrons. The minimum Gasteiger partial charge on any atom is -0.461 e. The Bertz CT molecular complexity index is 1020. The Kier molecular flexibility index (Phi) is 6.23. The first kappa shape index (κ1) is 21.3. The number of nitrogens with one attached hydrogen (secondary N) is 1. The molecule has 9 nitrogen and oxygen atoms in total. The fraction of sp³-hybridized carbons (Fsp3) is 0.381. The van der Waals surface area contributed by atoms with Crippen LogP contribution < -0.4 is 10.5 Å². The Morgan fingerprint density at radius 2 is 1.97 bits per heavy atom. The number of ether oxygens (including phenoxy) is 3. The lowest BCUT2D eigenvalue weighted by atomic mass is 9.93. The Hall–Kier alpha value is -2.92. The van der Waals surface area contributed by atoms with Crippen LogP contribution in [0.15, 0.2) is 36.5 Å². The summed E-state index contributed by atoms with van der Waals surface area (Å²) < 4.78 is 30.5. The van der Waals surface area contributed by atoms with Gasteiger partial charge in [-0.15, -0.1) is 0 Å². The smallest absolute Gasteiger partial charge is 0.317 e. The number of benzene rings is 1. The van der Waals surface area contributed by atoms with Crippen LogP contribution in [-0.2, 0) is 9.47 Å². The molecule has 3 aromatic rings. The summed E-state index contributed by atoms with van der Waals surface area (Å²) in [6.07, 6.45) is 0.851. The Balaban J connectivity index is 1.71. The van der Waals surface area contributed by atoms with Crippen LogP contribution in [0.5, 0.6) is 6.01 Å². The van der Waals surface area contributed by atoms with E-state index in [-0.39, 0.29) is 30.5 Å². The maximum Gasteiger partial charge on any atom is 0.317 e. The van der Waals surface area contributed by atoms with Gasteiger partial charge in [0.15, 0.2) is 5.82 Å². The summed E-state index contributed by atoms with van der Waals surface area (Å²) >= 11 is 0. The number of H-pyrrole nitrogens is 1. The van der Waals surface area contributed by atoms with Gasteiger partial charge in [0.25, 0.3) is 0 Å². The number of rotatable bonds is 7. The van der Waals surface area contributed by atoms with Crippen molar-refractivity contribution in [1.29, 1.82) is 0 Å².